The number of fused-ring (bicyclic) bond motifs is 1. The minimum absolute atomic E-state index is 0.123. The largest absolute Gasteiger partial charge is 0.451 e. The summed E-state index contributed by atoms with van der Waals surface area (Å²) in [6.45, 7) is 1.83. The molecule has 1 N–H and O–H groups in total. The van der Waals surface area contributed by atoms with E-state index in [4.69, 9.17) is 16.0 Å². The van der Waals surface area contributed by atoms with Crippen molar-refractivity contribution in [2.24, 2.45) is 0 Å². The molecule has 6 heteroatoms. The second-order valence-electron chi connectivity index (χ2n) is 7.34. The number of nitrogens with one attached hydrogen (secondary N) is 1. The van der Waals surface area contributed by atoms with Gasteiger partial charge in [0.25, 0.3) is 5.91 Å². The van der Waals surface area contributed by atoms with Crippen LogP contribution < -0.4 is 5.32 Å². The second kappa shape index (κ2) is 9.18. The van der Waals surface area contributed by atoms with Crippen molar-refractivity contribution >= 4 is 23.4 Å². The first kappa shape index (κ1) is 20.2. The van der Waals surface area contributed by atoms with Crippen LogP contribution in [0.3, 0.4) is 0 Å². The summed E-state index contributed by atoms with van der Waals surface area (Å²) < 4.78 is 5.65. The van der Waals surface area contributed by atoms with Crippen LogP contribution in [-0.2, 0) is 17.8 Å². The van der Waals surface area contributed by atoms with Crippen LogP contribution in [0.1, 0.15) is 34.5 Å². The summed E-state index contributed by atoms with van der Waals surface area (Å²) in [5.41, 5.74) is 3.29. The number of rotatable bonds is 6. The average molecular weight is 423 g/mol. The lowest BCUT2D eigenvalue weighted by Gasteiger charge is -2.29. The van der Waals surface area contributed by atoms with Crippen LogP contribution in [0.15, 0.2) is 65.1 Å². The Kier molecular flexibility index (Phi) is 6.19. The first-order chi connectivity index (χ1) is 14.6. The molecule has 3 aromatic rings. The fourth-order valence-corrected chi connectivity index (χ4v) is 3.89. The molecule has 0 fully saturated rings. The molecule has 0 unspecified atom stereocenters. The van der Waals surface area contributed by atoms with Gasteiger partial charge in [-0.15, -0.1) is 0 Å². The van der Waals surface area contributed by atoms with Crippen molar-refractivity contribution in [3.8, 4) is 11.3 Å². The molecule has 2 amide bonds. The Labute approximate surface area is 180 Å². The Bertz CT molecular complexity index is 1060. The SMILES string of the molecule is O=C(NCCCC(=O)N1CCc2ccccc2C1)c1ccc(-c2ccccc2Cl)o1. The molecule has 0 atom stereocenters. The van der Waals surface area contributed by atoms with E-state index >= 15 is 0 Å². The Morgan fingerprint density at radius 3 is 2.60 bits per heavy atom. The minimum Gasteiger partial charge on any atom is -0.451 e. The number of carbonyl (C=O) groups is 2. The molecule has 2 heterocycles. The fraction of sp³-hybridized carbons (Fsp3) is 0.250. The van der Waals surface area contributed by atoms with Gasteiger partial charge in [0.15, 0.2) is 5.76 Å². The van der Waals surface area contributed by atoms with E-state index in [1.807, 2.05) is 35.2 Å². The molecule has 1 aliphatic rings. The zero-order valence-electron chi connectivity index (χ0n) is 16.6. The summed E-state index contributed by atoms with van der Waals surface area (Å²) in [5, 5.41) is 3.38. The van der Waals surface area contributed by atoms with Gasteiger partial charge in [-0.2, -0.15) is 0 Å². The molecule has 0 radical (unpaired) electrons. The maximum Gasteiger partial charge on any atom is 0.287 e. The summed E-state index contributed by atoms with van der Waals surface area (Å²) in [6, 6.07) is 18.9. The van der Waals surface area contributed by atoms with Crippen LogP contribution in [0.2, 0.25) is 5.02 Å². The highest BCUT2D eigenvalue weighted by molar-refractivity contribution is 6.33. The van der Waals surface area contributed by atoms with Crippen molar-refractivity contribution in [1.29, 1.82) is 0 Å². The third-order valence-corrected chi connectivity index (χ3v) is 5.64. The van der Waals surface area contributed by atoms with Crippen LogP contribution in [0.5, 0.6) is 0 Å². The monoisotopic (exact) mass is 422 g/mol. The number of amides is 2. The Morgan fingerprint density at radius 1 is 1.00 bits per heavy atom. The highest BCUT2D eigenvalue weighted by Crippen LogP contribution is 2.29. The summed E-state index contributed by atoms with van der Waals surface area (Å²) in [4.78, 5) is 26.7. The molecular formula is C24H23ClN2O3. The number of hydrogen-bond acceptors (Lipinski definition) is 3. The average Bonchev–Trinajstić information content (AvgIpc) is 3.26. The maximum atomic E-state index is 12.5. The van der Waals surface area contributed by atoms with E-state index in [9.17, 15) is 9.59 Å². The molecular weight excluding hydrogens is 400 g/mol. The molecule has 0 saturated carbocycles. The van der Waals surface area contributed by atoms with Gasteiger partial charge in [-0.25, -0.2) is 0 Å². The van der Waals surface area contributed by atoms with Gasteiger partial charge in [0.1, 0.15) is 5.76 Å². The molecule has 154 valence electrons. The number of furan rings is 1. The van der Waals surface area contributed by atoms with Gasteiger partial charge in [-0.1, -0.05) is 48.0 Å². The van der Waals surface area contributed by atoms with Gasteiger partial charge < -0.3 is 14.6 Å². The van der Waals surface area contributed by atoms with Crippen molar-refractivity contribution in [3.63, 3.8) is 0 Å². The molecule has 0 spiro atoms. The van der Waals surface area contributed by atoms with Crippen LogP contribution in [-0.4, -0.2) is 29.8 Å². The summed E-state index contributed by atoms with van der Waals surface area (Å²) >= 11 is 6.18. The fourth-order valence-electron chi connectivity index (χ4n) is 3.66. The van der Waals surface area contributed by atoms with E-state index in [0.29, 0.717) is 36.7 Å². The molecule has 1 aromatic heterocycles. The topological polar surface area (TPSA) is 62.6 Å². The molecule has 0 saturated heterocycles. The zero-order valence-corrected chi connectivity index (χ0v) is 17.3. The van der Waals surface area contributed by atoms with Crippen LogP contribution >= 0.6 is 11.6 Å². The van der Waals surface area contributed by atoms with Crippen molar-refractivity contribution < 1.29 is 14.0 Å². The van der Waals surface area contributed by atoms with Crippen molar-refractivity contribution in [1.82, 2.24) is 10.2 Å². The minimum atomic E-state index is -0.298. The second-order valence-corrected chi connectivity index (χ2v) is 7.74. The van der Waals surface area contributed by atoms with Crippen molar-refractivity contribution in [3.05, 3.63) is 82.6 Å². The summed E-state index contributed by atoms with van der Waals surface area (Å²) in [7, 11) is 0. The number of carbonyl (C=O) groups excluding carboxylic acids is 2. The van der Waals surface area contributed by atoms with Crippen LogP contribution in [0.25, 0.3) is 11.3 Å². The predicted octanol–water partition coefficient (Wildman–Crippen LogP) is 4.69. The molecule has 1 aliphatic heterocycles. The molecule has 5 nitrogen and oxygen atoms in total. The van der Waals surface area contributed by atoms with Crippen LogP contribution in [0, 0.1) is 0 Å². The third-order valence-electron chi connectivity index (χ3n) is 5.31. The molecule has 4 rings (SSSR count). The van der Waals surface area contributed by atoms with E-state index in [2.05, 4.69) is 17.4 Å². The first-order valence-electron chi connectivity index (χ1n) is 10.1. The lowest BCUT2D eigenvalue weighted by molar-refractivity contribution is -0.132. The smallest absolute Gasteiger partial charge is 0.287 e. The number of benzene rings is 2. The van der Waals surface area contributed by atoms with Crippen molar-refractivity contribution in [2.75, 3.05) is 13.1 Å². The Morgan fingerprint density at radius 2 is 1.77 bits per heavy atom. The van der Waals surface area contributed by atoms with E-state index in [0.717, 1.165) is 18.5 Å². The maximum absolute atomic E-state index is 12.5. The highest BCUT2D eigenvalue weighted by atomic mass is 35.5. The van der Waals surface area contributed by atoms with E-state index < -0.39 is 0 Å². The van der Waals surface area contributed by atoms with Gasteiger partial charge in [0.05, 0.1) is 5.02 Å². The van der Waals surface area contributed by atoms with Gasteiger partial charge in [-0.05, 0) is 48.2 Å². The molecule has 30 heavy (non-hydrogen) atoms. The molecule has 2 aromatic carbocycles. The van der Waals surface area contributed by atoms with E-state index in [-0.39, 0.29) is 17.6 Å². The zero-order chi connectivity index (χ0) is 20.9. The number of halogens is 1. The molecule has 0 aliphatic carbocycles. The van der Waals surface area contributed by atoms with Gasteiger partial charge >= 0.3 is 0 Å². The predicted molar refractivity (Wildman–Crippen MR) is 116 cm³/mol. The van der Waals surface area contributed by atoms with Gasteiger partial charge in [-0.3, -0.25) is 9.59 Å². The third kappa shape index (κ3) is 4.57. The normalized spacial score (nSPS) is 13.0. The highest BCUT2D eigenvalue weighted by Gasteiger charge is 2.20. The van der Waals surface area contributed by atoms with Gasteiger partial charge in [0.2, 0.25) is 5.91 Å². The summed E-state index contributed by atoms with van der Waals surface area (Å²) in [5.74, 6) is 0.598. The standard InChI is InChI=1S/C24H23ClN2O3/c25-20-9-4-3-8-19(20)21-11-12-22(30-21)24(29)26-14-5-10-23(28)27-15-13-17-6-1-2-7-18(17)16-27/h1-4,6-9,11-12H,5,10,13-16H2,(H,26,29). The number of hydrogen-bond donors (Lipinski definition) is 1. The summed E-state index contributed by atoms with van der Waals surface area (Å²) in [6.07, 6.45) is 1.89. The Balaban J connectivity index is 1.24. The van der Waals surface area contributed by atoms with E-state index in [1.54, 1.807) is 18.2 Å². The first-order valence-corrected chi connectivity index (χ1v) is 10.5. The van der Waals surface area contributed by atoms with E-state index in [1.165, 1.54) is 11.1 Å². The van der Waals surface area contributed by atoms with Gasteiger partial charge in [0, 0.05) is 31.6 Å². The Hall–Kier alpha value is -3.05. The lowest BCUT2D eigenvalue weighted by Crippen LogP contribution is -2.36. The lowest BCUT2D eigenvalue weighted by atomic mass is 9.99. The van der Waals surface area contributed by atoms with Crippen LogP contribution in [0.4, 0.5) is 0 Å². The molecule has 0 bridgehead atoms. The number of nitrogens with zero attached hydrogens (tertiary/aromatic N) is 1. The van der Waals surface area contributed by atoms with Crippen molar-refractivity contribution in [2.45, 2.75) is 25.8 Å². The quantitative estimate of drug-likeness (QED) is 0.586.